The van der Waals surface area contributed by atoms with Gasteiger partial charge in [0.25, 0.3) is 5.91 Å². The van der Waals surface area contributed by atoms with E-state index in [9.17, 15) is 13.2 Å². The van der Waals surface area contributed by atoms with Gasteiger partial charge in [0.15, 0.2) is 0 Å². The summed E-state index contributed by atoms with van der Waals surface area (Å²) in [6.45, 7) is 7.93. The number of carbonyl (C=O) groups is 1. The van der Waals surface area contributed by atoms with Gasteiger partial charge >= 0.3 is 0 Å². The number of amides is 1. The maximum Gasteiger partial charge on any atom is 0.254 e. The van der Waals surface area contributed by atoms with Crippen molar-refractivity contribution in [3.8, 4) is 0 Å². The van der Waals surface area contributed by atoms with Crippen LogP contribution < -0.4 is 0 Å². The van der Waals surface area contributed by atoms with Crippen LogP contribution in [0, 0.1) is 0 Å². The molecule has 1 aromatic heterocycles. The summed E-state index contributed by atoms with van der Waals surface area (Å²) in [6.07, 6.45) is 3.13. The van der Waals surface area contributed by atoms with Crippen LogP contribution in [0.3, 0.4) is 0 Å². The third-order valence-corrected chi connectivity index (χ3v) is 6.98. The van der Waals surface area contributed by atoms with Gasteiger partial charge < -0.3 is 9.47 Å². The quantitative estimate of drug-likeness (QED) is 0.356. The largest absolute Gasteiger partial charge is 0.329 e. The van der Waals surface area contributed by atoms with Crippen LogP contribution in [0.1, 0.15) is 41.5 Å². The first-order valence-corrected chi connectivity index (χ1v) is 12.7. The van der Waals surface area contributed by atoms with Crippen molar-refractivity contribution in [2.75, 3.05) is 6.54 Å². The summed E-state index contributed by atoms with van der Waals surface area (Å²) in [7, 11) is -3.76. The van der Waals surface area contributed by atoms with E-state index in [2.05, 4.69) is 11.6 Å². The highest BCUT2D eigenvalue weighted by atomic mass is 35.5. The first-order valence-electron chi connectivity index (χ1n) is 10.3. The molecule has 3 rings (SSSR count). The van der Waals surface area contributed by atoms with Gasteiger partial charge in [0, 0.05) is 28.2 Å². The maximum absolute atomic E-state index is 13.2. The molecule has 174 valence electrons. The van der Waals surface area contributed by atoms with Gasteiger partial charge in [0.1, 0.15) is 0 Å². The summed E-state index contributed by atoms with van der Waals surface area (Å²) in [5, 5.41) is 0.887. The highest BCUT2D eigenvalue weighted by molar-refractivity contribution is 7.90. The Morgan fingerprint density at radius 3 is 2.42 bits per heavy atom. The minimum atomic E-state index is -3.76. The summed E-state index contributed by atoms with van der Waals surface area (Å²) >= 11 is 12.1. The van der Waals surface area contributed by atoms with Crippen molar-refractivity contribution < 1.29 is 13.2 Å². The normalized spacial score (nSPS) is 11.5. The molecule has 0 spiro atoms. The minimum absolute atomic E-state index is 0.0405. The van der Waals surface area contributed by atoms with Gasteiger partial charge in [-0.1, -0.05) is 47.5 Å². The fraction of sp³-hybridized carbons (Fsp3) is 0.250. The SMILES string of the molecule is C=CCN(Cc1cnc(S(=O)(=O)Cc2cccc(Cl)c2)n1C(C)C)C(=O)c1cccc(Cl)c1. The van der Waals surface area contributed by atoms with Crippen LogP contribution in [0.4, 0.5) is 0 Å². The number of sulfone groups is 1. The molecule has 0 saturated carbocycles. The predicted octanol–water partition coefficient (Wildman–Crippen LogP) is 5.57. The van der Waals surface area contributed by atoms with E-state index in [4.69, 9.17) is 23.2 Å². The molecule has 0 radical (unpaired) electrons. The van der Waals surface area contributed by atoms with E-state index in [1.807, 2.05) is 13.8 Å². The molecule has 0 atom stereocenters. The zero-order valence-electron chi connectivity index (χ0n) is 18.4. The van der Waals surface area contributed by atoms with Gasteiger partial charge in [0.2, 0.25) is 15.0 Å². The first-order chi connectivity index (χ1) is 15.6. The van der Waals surface area contributed by atoms with Gasteiger partial charge in [-0.05, 0) is 49.7 Å². The molecule has 9 heteroatoms. The molecule has 0 aliphatic heterocycles. The molecular formula is C24H25Cl2N3O3S. The number of hydrogen-bond donors (Lipinski definition) is 0. The van der Waals surface area contributed by atoms with Crippen molar-refractivity contribution in [1.29, 1.82) is 0 Å². The van der Waals surface area contributed by atoms with Gasteiger partial charge in [0.05, 0.1) is 24.2 Å². The monoisotopic (exact) mass is 505 g/mol. The number of aromatic nitrogens is 2. The standard InChI is InChI=1S/C24H25Cl2N3O3S/c1-4-11-28(23(30)19-8-6-10-21(26)13-19)15-22-14-27-24(29(22)17(2)3)33(31,32)16-18-7-5-9-20(25)12-18/h4-10,12-14,17H,1,11,15-16H2,2-3H3. The molecule has 6 nitrogen and oxygen atoms in total. The van der Waals surface area contributed by atoms with Crippen LogP contribution in [0.25, 0.3) is 0 Å². The predicted molar refractivity (Wildman–Crippen MR) is 131 cm³/mol. The van der Waals surface area contributed by atoms with Crippen molar-refractivity contribution in [2.45, 2.75) is 37.3 Å². The van der Waals surface area contributed by atoms with Crippen LogP contribution in [-0.4, -0.2) is 35.3 Å². The van der Waals surface area contributed by atoms with E-state index in [1.54, 1.807) is 64.1 Å². The number of hydrogen-bond acceptors (Lipinski definition) is 4. The van der Waals surface area contributed by atoms with Crippen molar-refractivity contribution in [1.82, 2.24) is 14.5 Å². The topological polar surface area (TPSA) is 72.3 Å². The second-order valence-corrected chi connectivity index (χ2v) is 10.6. The number of carbonyl (C=O) groups excluding carboxylic acids is 1. The maximum atomic E-state index is 13.2. The molecule has 0 fully saturated rings. The Labute approximate surface area is 204 Å². The van der Waals surface area contributed by atoms with Gasteiger partial charge in [-0.2, -0.15) is 0 Å². The number of benzene rings is 2. The van der Waals surface area contributed by atoms with Gasteiger partial charge in [-0.3, -0.25) is 4.79 Å². The third-order valence-electron chi connectivity index (χ3n) is 4.94. The highest BCUT2D eigenvalue weighted by Crippen LogP contribution is 2.24. The van der Waals surface area contributed by atoms with E-state index in [1.165, 1.54) is 6.20 Å². The van der Waals surface area contributed by atoms with Crippen molar-refractivity contribution >= 4 is 38.9 Å². The fourth-order valence-electron chi connectivity index (χ4n) is 3.56. The lowest BCUT2D eigenvalue weighted by molar-refractivity contribution is 0.0758. The third kappa shape index (κ3) is 6.05. The molecule has 0 aliphatic rings. The number of halogens is 2. The summed E-state index contributed by atoms with van der Waals surface area (Å²) < 4.78 is 28.1. The van der Waals surface area contributed by atoms with Gasteiger partial charge in [-0.25, -0.2) is 13.4 Å². The van der Waals surface area contributed by atoms with E-state index < -0.39 is 9.84 Å². The van der Waals surface area contributed by atoms with Crippen LogP contribution in [-0.2, 0) is 22.1 Å². The molecule has 0 unspecified atom stereocenters. The Kier molecular flexibility index (Phi) is 8.00. The van der Waals surface area contributed by atoms with Crippen molar-refractivity contribution in [3.63, 3.8) is 0 Å². The summed E-state index contributed by atoms with van der Waals surface area (Å²) in [6, 6.07) is 13.2. The summed E-state index contributed by atoms with van der Waals surface area (Å²) in [5.74, 6) is -0.466. The van der Waals surface area contributed by atoms with Crippen LogP contribution in [0.5, 0.6) is 0 Å². The first kappa shape index (κ1) is 25.0. The van der Waals surface area contributed by atoms with E-state index >= 15 is 0 Å². The van der Waals surface area contributed by atoms with Crippen molar-refractivity contribution in [2.24, 2.45) is 0 Å². The molecular weight excluding hydrogens is 481 g/mol. The number of rotatable bonds is 9. The number of nitrogens with zero attached hydrogens (tertiary/aromatic N) is 3. The summed E-state index contributed by atoms with van der Waals surface area (Å²) in [4.78, 5) is 18.9. The van der Waals surface area contributed by atoms with Crippen LogP contribution in [0.2, 0.25) is 10.0 Å². The molecule has 2 aromatic carbocycles. The second-order valence-electron chi connectivity index (χ2n) is 7.87. The molecule has 0 N–H and O–H groups in total. The lowest BCUT2D eigenvalue weighted by Gasteiger charge is -2.23. The molecule has 1 heterocycles. The molecule has 33 heavy (non-hydrogen) atoms. The summed E-state index contributed by atoms with van der Waals surface area (Å²) in [5.41, 5.74) is 1.62. The Morgan fingerprint density at radius 1 is 1.15 bits per heavy atom. The molecule has 1 amide bonds. The van der Waals surface area contributed by atoms with Gasteiger partial charge in [-0.15, -0.1) is 6.58 Å². The highest BCUT2D eigenvalue weighted by Gasteiger charge is 2.27. The lowest BCUT2D eigenvalue weighted by atomic mass is 10.2. The van der Waals surface area contributed by atoms with E-state index in [-0.39, 0.29) is 35.9 Å². The Morgan fingerprint density at radius 2 is 1.82 bits per heavy atom. The average Bonchev–Trinajstić information content (AvgIpc) is 3.17. The molecule has 0 bridgehead atoms. The minimum Gasteiger partial charge on any atom is -0.329 e. The Hall–Kier alpha value is -2.61. The second kappa shape index (κ2) is 10.5. The smallest absolute Gasteiger partial charge is 0.254 e. The average molecular weight is 506 g/mol. The van der Waals surface area contributed by atoms with E-state index in [0.29, 0.717) is 26.9 Å². The van der Waals surface area contributed by atoms with Crippen LogP contribution >= 0.6 is 23.2 Å². The van der Waals surface area contributed by atoms with Crippen molar-refractivity contribution in [3.05, 3.63) is 94.2 Å². The van der Waals surface area contributed by atoms with E-state index in [0.717, 1.165) is 0 Å². The van der Waals surface area contributed by atoms with Crippen LogP contribution in [0.15, 0.2) is 72.5 Å². The zero-order valence-corrected chi connectivity index (χ0v) is 20.7. The molecule has 3 aromatic rings. The molecule has 0 saturated heterocycles. The lowest BCUT2D eigenvalue weighted by Crippen LogP contribution is -2.32. The molecule has 0 aliphatic carbocycles. The fourth-order valence-corrected chi connectivity index (χ4v) is 5.55. The Balaban J connectivity index is 1.95. The zero-order chi connectivity index (χ0) is 24.2. The Bertz CT molecular complexity index is 1270. The number of imidazole rings is 1.